The molecule has 0 saturated carbocycles. The molecule has 0 aliphatic heterocycles. The lowest BCUT2D eigenvalue weighted by atomic mass is 10.0. The number of hydrogen-bond donors (Lipinski definition) is 0. The summed E-state index contributed by atoms with van der Waals surface area (Å²) in [7, 11) is 0.408. The minimum atomic E-state index is -1.42. The van der Waals surface area contributed by atoms with E-state index in [9.17, 15) is 0 Å². The molecule has 2 unspecified atom stereocenters. The van der Waals surface area contributed by atoms with Crippen molar-refractivity contribution in [1.82, 2.24) is 0 Å². The van der Waals surface area contributed by atoms with Crippen molar-refractivity contribution in [1.29, 1.82) is 0 Å². The molecular weight excluding hydrogens is 260 g/mol. The van der Waals surface area contributed by atoms with E-state index in [2.05, 4.69) is 80.3 Å². The molecule has 0 heterocycles. The Bertz CT molecular complexity index is 516. The topological polar surface area (TPSA) is 9.23 Å². The fourth-order valence-electron chi connectivity index (χ4n) is 2.90. The van der Waals surface area contributed by atoms with Gasteiger partial charge in [0.25, 0.3) is 0 Å². The molecule has 0 radical (unpaired) electrons. The average molecular weight is 284 g/mol. The molecule has 2 atom stereocenters. The number of rotatable bonds is 5. The highest BCUT2D eigenvalue weighted by Crippen LogP contribution is 2.40. The average Bonchev–Trinajstić information content (AvgIpc) is 2.45. The van der Waals surface area contributed by atoms with Crippen LogP contribution >= 0.6 is 0 Å². The lowest BCUT2D eigenvalue weighted by Gasteiger charge is -2.36. The van der Waals surface area contributed by atoms with Crippen LogP contribution in [0, 0.1) is 0 Å². The molecule has 2 aromatic rings. The molecule has 1 nitrogen and oxygen atoms in total. The summed E-state index contributed by atoms with van der Waals surface area (Å²) in [5, 5.41) is 0. The van der Waals surface area contributed by atoms with Gasteiger partial charge in [0, 0.05) is 12.7 Å². The summed E-state index contributed by atoms with van der Waals surface area (Å²) in [4.78, 5) is 0. The van der Waals surface area contributed by atoms with Gasteiger partial charge in [0.1, 0.15) is 0 Å². The highest BCUT2D eigenvalue weighted by molar-refractivity contribution is 6.77. The van der Waals surface area contributed by atoms with Crippen molar-refractivity contribution in [2.24, 2.45) is 0 Å². The van der Waals surface area contributed by atoms with Gasteiger partial charge in [-0.05, 0) is 11.1 Å². The summed E-state index contributed by atoms with van der Waals surface area (Å²) in [6.07, 6.45) is 0.130. The minimum absolute atomic E-state index is 0.130. The molecule has 0 saturated heterocycles. The summed E-state index contributed by atoms with van der Waals surface area (Å²) >= 11 is 0. The summed E-state index contributed by atoms with van der Waals surface area (Å²) in [5.74, 6) is 0. The molecule has 0 aromatic heterocycles. The van der Waals surface area contributed by atoms with Crippen molar-refractivity contribution >= 4 is 8.07 Å². The molecule has 0 amide bonds. The molecule has 0 fully saturated rings. The zero-order chi connectivity index (χ0) is 14.6. The predicted molar refractivity (Wildman–Crippen MR) is 88.7 cm³/mol. The monoisotopic (exact) mass is 284 g/mol. The normalized spacial score (nSPS) is 14.8. The highest BCUT2D eigenvalue weighted by Gasteiger charge is 2.35. The van der Waals surface area contributed by atoms with E-state index < -0.39 is 8.07 Å². The van der Waals surface area contributed by atoms with E-state index >= 15 is 0 Å². The number of benzene rings is 2. The Kier molecular flexibility index (Phi) is 4.79. The number of hydrogen-bond acceptors (Lipinski definition) is 1. The van der Waals surface area contributed by atoms with Gasteiger partial charge in [0.05, 0.1) is 14.2 Å². The summed E-state index contributed by atoms with van der Waals surface area (Å²) in [6.45, 7) is 7.25. The Balaban J connectivity index is 2.46. The van der Waals surface area contributed by atoms with Gasteiger partial charge in [0.2, 0.25) is 0 Å². The van der Waals surface area contributed by atoms with Crippen LogP contribution in [0.15, 0.2) is 60.7 Å². The molecule has 0 aliphatic rings. The summed E-state index contributed by atoms with van der Waals surface area (Å²) < 4.78 is 5.91. The van der Waals surface area contributed by atoms with Crippen molar-refractivity contribution < 1.29 is 4.74 Å². The van der Waals surface area contributed by atoms with Crippen molar-refractivity contribution in [2.45, 2.75) is 31.3 Å². The first-order valence-corrected chi connectivity index (χ1v) is 10.7. The smallest absolute Gasteiger partial charge is 0.0865 e. The van der Waals surface area contributed by atoms with Crippen LogP contribution in [0.2, 0.25) is 19.6 Å². The molecule has 2 aromatic carbocycles. The second-order valence-electron chi connectivity index (χ2n) is 6.32. The van der Waals surface area contributed by atoms with E-state index in [-0.39, 0.29) is 6.10 Å². The molecular formula is C18H24OSi. The van der Waals surface area contributed by atoms with E-state index in [0.29, 0.717) is 5.54 Å². The van der Waals surface area contributed by atoms with Crippen molar-refractivity contribution in [2.75, 3.05) is 7.11 Å². The second-order valence-corrected chi connectivity index (χ2v) is 11.7. The third-order valence-corrected chi connectivity index (χ3v) is 6.28. The maximum absolute atomic E-state index is 5.91. The van der Waals surface area contributed by atoms with Crippen LogP contribution < -0.4 is 0 Å². The van der Waals surface area contributed by atoms with Crippen LogP contribution in [0.25, 0.3) is 0 Å². The predicted octanol–water partition coefficient (Wildman–Crippen LogP) is 5.04. The molecule has 20 heavy (non-hydrogen) atoms. The fourth-order valence-corrected chi connectivity index (χ4v) is 5.33. The summed E-state index contributed by atoms with van der Waals surface area (Å²) in [6, 6.07) is 21.4. The van der Waals surface area contributed by atoms with E-state index in [1.54, 1.807) is 0 Å². The highest BCUT2D eigenvalue weighted by atomic mass is 28.3. The van der Waals surface area contributed by atoms with E-state index in [4.69, 9.17) is 4.74 Å². The maximum atomic E-state index is 5.91. The van der Waals surface area contributed by atoms with Crippen LogP contribution in [0.4, 0.5) is 0 Å². The molecule has 0 aliphatic carbocycles. The zero-order valence-electron chi connectivity index (χ0n) is 12.8. The first kappa shape index (κ1) is 15.0. The Morgan fingerprint density at radius 2 is 1.20 bits per heavy atom. The Morgan fingerprint density at radius 3 is 1.60 bits per heavy atom. The second kappa shape index (κ2) is 6.38. The van der Waals surface area contributed by atoms with E-state index in [0.717, 1.165) is 0 Å². The third kappa shape index (κ3) is 3.38. The number of methoxy groups -OCH3 is 1. The first-order valence-electron chi connectivity index (χ1n) is 7.16. The summed E-state index contributed by atoms with van der Waals surface area (Å²) in [5.41, 5.74) is 3.12. The lowest BCUT2D eigenvalue weighted by molar-refractivity contribution is 0.0964. The molecule has 0 spiro atoms. The fraction of sp³-hybridized carbons (Fsp3) is 0.333. The van der Waals surface area contributed by atoms with Gasteiger partial charge in [-0.15, -0.1) is 0 Å². The molecule has 106 valence electrons. The first-order chi connectivity index (χ1) is 9.54. The largest absolute Gasteiger partial charge is 0.376 e. The Hall–Kier alpha value is -1.38. The van der Waals surface area contributed by atoms with Crippen molar-refractivity contribution in [3.8, 4) is 0 Å². The van der Waals surface area contributed by atoms with Gasteiger partial charge in [-0.3, -0.25) is 0 Å². The molecule has 2 rings (SSSR count). The van der Waals surface area contributed by atoms with E-state index in [1.807, 2.05) is 7.11 Å². The van der Waals surface area contributed by atoms with Gasteiger partial charge in [-0.1, -0.05) is 80.3 Å². The molecule has 0 bridgehead atoms. The quantitative estimate of drug-likeness (QED) is 0.699. The standard InChI is InChI=1S/C18H24OSi/c1-19-17(15-11-7-5-8-12-15)18(20(2,3)4)16-13-9-6-10-14-16/h5-14,17-18H,1-4H3. The van der Waals surface area contributed by atoms with Crippen LogP contribution in [0.5, 0.6) is 0 Å². The van der Waals surface area contributed by atoms with Crippen LogP contribution in [-0.4, -0.2) is 15.2 Å². The molecule has 0 N–H and O–H groups in total. The van der Waals surface area contributed by atoms with Crippen molar-refractivity contribution in [3.63, 3.8) is 0 Å². The van der Waals surface area contributed by atoms with Gasteiger partial charge in [-0.2, -0.15) is 0 Å². The molecule has 2 heteroatoms. The zero-order valence-corrected chi connectivity index (χ0v) is 13.8. The minimum Gasteiger partial charge on any atom is -0.376 e. The van der Waals surface area contributed by atoms with Gasteiger partial charge < -0.3 is 4.74 Å². The van der Waals surface area contributed by atoms with E-state index in [1.165, 1.54) is 11.1 Å². The van der Waals surface area contributed by atoms with Crippen LogP contribution in [0.1, 0.15) is 22.8 Å². The van der Waals surface area contributed by atoms with Crippen LogP contribution in [0.3, 0.4) is 0 Å². The lowest BCUT2D eigenvalue weighted by Crippen LogP contribution is -2.36. The maximum Gasteiger partial charge on any atom is 0.0865 e. The van der Waals surface area contributed by atoms with Gasteiger partial charge in [0.15, 0.2) is 0 Å². The van der Waals surface area contributed by atoms with Crippen molar-refractivity contribution in [3.05, 3.63) is 71.8 Å². The Morgan fingerprint density at radius 1 is 0.750 bits per heavy atom. The third-order valence-electron chi connectivity index (χ3n) is 3.78. The van der Waals surface area contributed by atoms with Crippen LogP contribution in [-0.2, 0) is 4.74 Å². The number of ether oxygens (including phenoxy) is 1. The van der Waals surface area contributed by atoms with Gasteiger partial charge in [-0.25, -0.2) is 0 Å². The Labute approximate surface area is 123 Å². The van der Waals surface area contributed by atoms with Gasteiger partial charge >= 0.3 is 0 Å². The SMILES string of the molecule is COC(c1ccccc1)C(c1ccccc1)[Si](C)(C)C.